The highest BCUT2D eigenvalue weighted by Gasteiger charge is 2.52. The molecular formula is C19H27BO5S. The van der Waals surface area contributed by atoms with Crippen molar-refractivity contribution in [3.05, 3.63) is 29.2 Å². The van der Waals surface area contributed by atoms with E-state index in [2.05, 4.69) is 0 Å². The second-order valence-corrected chi connectivity index (χ2v) is 8.32. The van der Waals surface area contributed by atoms with Gasteiger partial charge in [0.25, 0.3) is 0 Å². The smallest absolute Gasteiger partial charge is 0.491 e. The molecule has 26 heavy (non-hydrogen) atoms. The van der Waals surface area contributed by atoms with E-state index in [9.17, 15) is 4.79 Å². The minimum atomic E-state index is -0.540. The fourth-order valence-corrected chi connectivity index (χ4v) is 3.15. The maximum atomic E-state index is 11.5. The maximum Gasteiger partial charge on any atom is 0.491 e. The van der Waals surface area contributed by atoms with Crippen molar-refractivity contribution >= 4 is 30.1 Å². The summed E-state index contributed by atoms with van der Waals surface area (Å²) in [4.78, 5) is 11.5. The Hall–Kier alpha value is -1.44. The Morgan fingerprint density at radius 3 is 2.04 bits per heavy atom. The SMILES string of the molecule is COc1cccc(OC)c1C=C(CSC(C)=O)B1OC(C)(C)C(C)(C)O1. The summed E-state index contributed by atoms with van der Waals surface area (Å²) in [6.45, 7) is 9.58. The summed E-state index contributed by atoms with van der Waals surface area (Å²) >= 11 is 1.22. The van der Waals surface area contributed by atoms with Crippen LogP contribution in [0.2, 0.25) is 0 Å². The van der Waals surface area contributed by atoms with Crippen LogP contribution in [-0.2, 0) is 14.1 Å². The molecule has 0 aromatic heterocycles. The number of thioether (sulfide) groups is 1. The van der Waals surface area contributed by atoms with E-state index in [4.69, 9.17) is 18.8 Å². The van der Waals surface area contributed by atoms with Gasteiger partial charge >= 0.3 is 7.12 Å². The molecule has 7 heteroatoms. The van der Waals surface area contributed by atoms with Gasteiger partial charge in [-0.3, -0.25) is 4.79 Å². The van der Waals surface area contributed by atoms with E-state index in [-0.39, 0.29) is 5.12 Å². The minimum absolute atomic E-state index is 0.0411. The molecule has 0 saturated carbocycles. The highest BCUT2D eigenvalue weighted by atomic mass is 32.2. The molecule has 5 nitrogen and oxygen atoms in total. The molecule has 0 aliphatic carbocycles. The topological polar surface area (TPSA) is 54.0 Å². The lowest BCUT2D eigenvalue weighted by atomic mass is 9.78. The van der Waals surface area contributed by atoms with Gasteiger partial charge in [0, 0.05) is 12.7 Å². The van der Waals surface area contributed by atoms with Crippen molar-refractivity contribution in [1.82, 2.24) is 0 Å². The van der Waals surface area contributed by atoms with Gasteiger partial charge in [0.15, 0.2) is 5.12 Å². The molecule has 0 radical (unpaired) electrons. The van der Waals surface area contributed by atoms with Crippen LogP contribution in [0.3, 0.4) is 0 Å². The highest BCUT2D eigenvalue weighted by molar-refractivity contribution is 8.13. The van der Waals surface area contributed by atoms with Crippen molar-refractivity contribution in [3.8, 4) is 11.5 Å². The Morgan fingerprint density at radius 2 is 1.62 bits per heavy atom. The Kier molecular flexibility index (Phi) is 6.48. The van der Waals surface area contributed by atoms with Crippen LogP contribution in [-0.4, -0.2) is 43.4 Å². The van der Waals surface area contributed by atoms with E-state index in [1.807, 2.05) is 52.0 Å². The number of rotatable bonds is 6. The second kappa shape index (κ2) is 8.07. The lowest BCUT2D eigenvalue weighted by molar-refractivity contribution is -0.109. The van der Waals surface area contributed by atoms with Gasteiger partial charge in [0.05, 0.1) is 31.0 Å². The van der Waals surface area contributed by atoms with E-state index >= 15 is 0 Å². The van der Waals surface area contributed by atoms with Gasteiger partial charge in [-0.05, 0) is 45.3 Å². The number of hydrogen-bond donors (Lipinski definition) is 0. The Balaban J connectivity index is 2.46. The number of methoxy groups -OCH3 is 2. The van der Waals surface area contributed by atoms with Gasteiger partial charge in [-0.1, -0.05) is 23.9 Å². The van der Waals surface area contributed by atoms with Gasteiger partial charge in [-0.15, -0.1) is 0 Å². The average molecular weight is 378 g/mol. The first-order valence-electron chi connectivity index (χ1n) is 8.51. The zero-order valence-corrected chi connectivity index (χ0v) is 17.4. The van der Waals surface area contributed by atoms with Crippen LogP contribution in [0.25, 0.3) is 6.08 Å². The molecule has 0 atom stereocenters. The highest BCUT2D eigenvalue weighted by Crippen LogP contribution is 2.40. The summed E-state index contributed by atoms with van der Waals surface area (Å²) in [5.74, 6) is 1.84. The van der Waals surface area contributed by atoms with E-state index in [1.165, 1.54) is 11.8 Å². The molecule has 2 rings (SSSR count). The first-order valence-corrected chi connectivity index (χ1v) is 9.50. The predicted octanol–water partition coefficient (Wildman–Crippen LogP) is 4.00. The van der Waals surface area contributed by atoms with Crippen molar-refractivity contribution in [2.45, 2.75) is 45.8 Å². The van der Waals surface area contributed by atoms with Crippen LogP contribution in [0.4, 0.5) is 0 Å². The standard InChI is InChI=1S/C19H27BO5S/c1-13(21)26-12-14(20-24-18(2,3)19(4,5)25-20)11-15-16(22-6)9-8-10-17(15)23-7/h8-11H,12H2,1-7H3. The number of carbonyl (C=O) groups is 1. The van der Waals surface area contributed by atoms with Crippen molar-refractivity contribution in [2.24, 2.45) is 0 Å². The Labute approximate surface area is 160 Å². The van der Waals surface area contributed by atoms with Crippen LogP contribution >= 0.6 is 11.8 Å². The van der Waals surface area contributed by atoms with Gasteiger partial charge in [-0.25, -0.2) is 0 Å². The van der Waals surface area contributed by atoms with Gasteiger partial charge in [0.1, 0.15) is 11.5 Å². The second-order valence-electron chi connectivity index (χ2n) is 7.16. The van der Waals surface area contributed by atoms with E-state index in [0.717, 1.165) is 11.0 Å². The Morgan fingerprint density at radius 1 is 1.12 bits per heavy atom. The number of hydrogen-bond acceptors (Lipinski definition) is 6. The molecule has 142 valence electrons. The van der Waals surface area contributed by atoms with E-state index in [0.29, 0.717) is 17.3 Å². The molecule has 0 spiro atoms. The molecule has 1 fully saturated rings. The molecule has 0 unspecified atom stereocenters. The maximum absolute atomic E-state index is 11.5. The van der Waals surface area contributed by atoms with E-state index < -0.39 is 18.3 Å². The van der Waals surface area contributed by atoms with Gasteiger partial charge in [0.2, 0.25) is 0 Å². The minimum Gasteiger partial charge on any atom is -0.496 e. The van der Waals surface area contributed by atoms with Crippen molar-refractivity contribution in [3.63, 3.8) is 0 Å². The first-order chi connectivity index (χ1) is 12.1. The average Bonchev–Trinajstić information content (AvgIpc) is 2.78. The molecule has 1 aliphatic rings. The molecule has 1 aromatic carbocycles. The molecule has 0 amide bonds. The third-order valence-electron chi connectivity index (χ3n) is 4.79. The third kappa shape index (κ3) is 4.45. The van der Waals surface area contributed by atoms with Crippen LogP contribution in [0.1, 0.15) is 40.2 Å². The van der Waals surface area contributed by atoms with Gasteiger partial charge < -0.3 is 18.8 Å². The summed E-state index contributed by atoms with van der Waals surface area (Å²) in [7, 11) is 2.69. The van der Waals surface area contributed by atoms with Crippen LogP contribution in [0.5, 0.6) is 11.5 Å². The summed E-state index contributed by atoms with van der Waals surface area (Å²) < 4.78 is 23.3. The predicted molar refractivity (Wildman–Crippen MR) is 107 cm³/mol. The van der Waals surface area contributed by atoms with Crippen molar-refractivity contribution in [1.29, 1.82) is 0 Å². The Bertz CT molecular complexity index is 661. The fraction of sp³-hybridized carbons (Fsp3) is 0.526. The molecular weight excluding hydrogens is 351 g/mol. The van der Waals surface area contributed by atoms with Crippen LogP contribution < -0.4 is 9.47 Å². The number of carbonyl (C=O) groups excluding carboxylic acids is 1. The lowest BCUT2D eigenvalue weighted by Crippen LogP contribution is -2.41. The van der Waals surface area contributed by atoms with Crippen molar-refractivity contribution < 1.29 is 23.6 Å². The zero-order chi connectivity index (χ0) is 19.5. The van der Waals surface area contributed by atoms with Crippen LogP contribution in [0, 0.1) is 0 Å². The zero-order valence-electron chi connectivity index (χ0n) is 16.5. The quantitative estimate of drug-likeness (QED) is 0.698. The molecule has 0 N–H and O–H groups in total. The molecule has 1 aromatic rings. The third-order valence-corrected chi connectivity index (χ3v) is 5.68. The fourth-order valence-electron chi connectivity index (χ4n) is 2.56. The summed E-state index contributed by atoms with van der Waals surface area (Å²) in [6, 6.07) is 5.61. The first kappa shape index (κ1) is 20.9. The number of benzene rings is 1. The van der Waals surface area contributed by atoms with Gasteiger partial charge in [-0.2, -0.15) is 0 Å². The number of ether oxygens (including phenoxy) is 2. The summed E-state index contributed by atoms with van der Waals surface area (Å²) in [5.41, 5.74) is 0.739. The summed E-state index contributed by atoms with van der Waals surface area (Å²) in [5, 5.41) is 0.0411. The molecule has 1 saturated heterocycles. The van der Waals surface area contributed by atoms with E-state index in [1.54, 1.807) is 21.1 Å². The molecule has 1 heterocycles. The largest absolute Gasteiger partial charge is 0.496 e. The summed E-state index contributed by atoms with van der Waals surface area (Å²) in [6.07, 6.45) is 1.94. The monoisotopic (exact) mass is 378 g/mol. The van der Waals surface area contributed by atoms with Crippen molar-refractivity contribution in [2.75, 3.05) is 20.0 Å². The molecule has 1 aliphatic heterocycles. The lowest BCUT2D eigenvalue weighted by Gasteiger charge is -2.32. The molecule has 0 bridgehead atoms. The normalized spacial score (nSPS) is 18.7. The van der Waals surface area contributed by atoms with Crippen LogP contribution in [0.15, 0.2) is 23.7 Å².